The predicted octanol–water partition coefficient (Wildman–Crippen LogP) is 1.52. The predicted molar refractivity (Wildman–Crippen MR) is 76.2 cm³/mol. The largest absolute Gasteiger partial charge is 0.389 e. The zero-order valence-corrected chi connectivity index (χ0v) is 11.5. The van der Waals surface area contributed by atoms with E-state index in [0.29, 0.717) is 19.6 Å². The molecule has 1 saturated carbocycles. The molecule has 0 atom stereocenters. The van der Waals surface area contributed by atoms with E-state index < -0.39 is 5.60 Å². The third kappa shape index (κ3) is 4.48. The summed E-state index contributed by atoms with van der Waals surface area (Å²) in [4.78, 5) is 11.5. The molecular weight excluding hydrogens is 240 g/mol. The van der Waals surface area contributed by atoms with Gasteiger partial charge in [0.2, 0.25) is 0 Å². The van der Waals surface area contributed by atoms with E-state index in [4.69, 9.17) is 0 Å². The first-order valence-electron chi connectivity index (χ1n) is 7.28. The quantitative estimate of drug-likeness (QED) is 0.626. The lowest BCUT2D eigenvalue weighted by Gasteiger charge is -2.27. The molecule has 0 saturated heterocycles. The van der Waals surface area contributed by atoms with Crippen molar-refractivity contribution in [2.24, 2.45) is 0 Å². The number of aromatic nitrogens is 1. The smallest absolute Gasteiger partial charge is 0.250 e. The van der Waals surface area contributed by atoms with Crippen molar-refractivity contribution in [3.05, 3.63) is 34.7 Å². The van der Waals surface area contributed by atoms with Gasteiger partial charge in [0, 0.05) is 31.9 Å². The lowest BCUT2D eigenvalue weighted by molar-refractivity contribution is 0.0253. The first kappa shape index (κ1) is 14.3. The van der Waals surface area contributed by atoms with Gasteiger partial charge in [-0.2, -0.15) is 0 Å². The van der Waals surface area contributed by atoms with Crippen molar-refractivity contribution in [2.75, 3.05) is 13.1 Å². The Bertz CT molecular complexity index is 434. The van der Waals surface area contributed by atoms with Gasteiger partial charge in [0.25, 0.3) is 5.56 Å². The Kier molecular flexibility index (Phi) is 5.16. The van der Waals surface area contributed by atoms with E-state index in [2.05, 4.69) is 5.32 Å². The van der Waals surface area contributed by atoms with Crippen LogP contribution in [-0.4, -0.2) is 28.4 Å². The first-order chi connectivity index (χ1) is 9.20. The van der Waals surface area contributed by atoms with E-state index in [1.807, 2.05) is 6.07 Å². The van der Waals surface area contributed by atoms with Crippen molar-refractivity contribution in [2.45, 2.75) is 50.7 Å². The second-order valence-corrected chi connectivity index (χ2v) is 5.55. The summed E-state index contributed by atoms with van der Waals surface area (Å²) in [7, 11) is 0. The van der Waals surface area contributed by atoms with E-state index in [1.165, 1.54) is 12.8 Å². The number of hydrogen-bond donors (Lipinski definition) is 2. The summed E-state index contributed by atoms with van der Waals surface area (Å²) >= 11 is 0. The number of pyridine rings is 1. The third-order valence-electron chi connectivity index (χ3n) is 3.92. The lowest BCUT2D eigenvalue weighted by Crippen LogP contribution is -2.41. The van der Waals surface area contributed by atoms with Crippen LogP contribution in [0.1, 0.15) is 38.5 Å². The van der Waals surface area contributed by atoms with Gasteiger partial charge in [-0.3, -0.25) is 4.79 Å². The van der Waals surface area contributed by atoms with Crippen LogP contribution in [0.3, 0.4) is 0 Å². The van der Waals surface area contributed by atoms with Gasteiger partial charge >= 0.3 is 0 Å². The van der Waals surface area contributed by atoms with Crippen LogP contribution in [0.15, 0.2) is 29.2 Å². The van der Waals surface area contributed by atoms with E-state index in [-0.39, 0.29) is 5.56 Å². The first-order valence-corrected chi connectivity index (χ1v) is 7.28. The second-order valence-electron chi connectivity index (χ2n) is 5.55. The molecule has 1 aliphatic rings. The monoisotopic (exact) mass is 264 g/mol. The minimum atomic E-state index is -0.544. The molecule has 0 aromatic carbocycles. The maximum absolute atomic E-state index is 11.5. The van der Waals surface area contributed by atoms with Crippen molar-refractivity contribution >= 4 is 0 Å². The summed E-state index contributed by atoms with van der Waals surface area (Å²) in [6, 6.07) is 5.18. The van der Waals surface area contributed by atoms with E-state index in [9.17, 15) is 9.90 Å². The molecule has 1 fully saturated rings. The molecule has 4 nitrogen and oxygen atoms in total. The number of aliphatic hydroxyl groups is 1. The fraction of sp³-hybridized carbons (Fsp3) is 0.667. The average molecular weight is 264 g/mol. The van der Waals surface area contributed by atoms with Crippen LogP contribution in [0, 0.1) is 0 Å². The van der Waals surface area contributed by atoms with Gasteiger partial charge in [0.05, 0.1) is 5.60 Å². The van der Waals surface area contributed by atoms with Gasteiger partial charge in [0.1, 0.15) is 0 Å². The standard InChI is InChI=1S/C15H24N2O2/c18-14-7-3-6-11-17(14)12-10-16-13-15(19)8-4-1-2-5-9-15/h3,6-7,11,16,19H,1-2,4-5,8-10,12-13H2. The zero-order chi connectivity index (χ0) is 13.6. The Morgan fingerprint density at radius 2 is 1.95 bits per heavy atom. The van der Waals surface area contributed by atoms with Crippen LogP contribution >= 0.6 is 0 Å². The average Bonchev–Trinajstić information content (AvgIpc) is 2.62. The van der Waals surface area contributed by atoms with Crippen LogP contribution in [-0.2, 0) is 6.54 Å². The Morgan fingerprint density at radius 3 is 2.63 bits per heavy atom. The number of nitrogens with one attached hydrogen (secondary N) is 1. The Labute approximate surface area is 114 Å². The lowest BCUT2D eigenvalue weighted by atomic mass is 9.94. The molecule has 0 amide bonds. The molecule has 0 radical (unpaired) electrons. The van der Waals surface area contributed by atoms with Gasteiger partial charge in [-0.1, -0.05) is 31.7 Å². The van der Waals surface area contributed by atoms with Crippen molar-refractivity contribution in [3.8, 4) is 0 Å². The summed E-state index contributed by atoms with van der Waals surface area (Å²) in [6.45, 7) is 2.00. The highest BCUT2D eigenvalue weighted by atomic mass is 16.3. The van der Waals surface area contributed by atoms with E-state index >= 15 is 0 Å². The van der Waals surface area contributed by atoms with E-state index in [0.717, 1.165) is 25.7 Å². The number of nitrogens with zero attached hydrogens (tertiary/aromatic N) is 1. The fourth-order valence-corrected chi connectivity index (χ4v) is 2.73. The maximum atomic E-state index is 11.5. The number of rotatable bonds is 5. The highest BCUT2D eigenvalue weighted by Gasteiger charge is 2.27. The Hall–Kier alpha value is -1.13. The molecule has 0 spiro atoms. The molecule has 0 aliphatic heterocycles. The molecule has 0 bridgehead atoms. The molecule has 1 aromatic heterocycles. The van der Waals surface area contributed by atoms with Gasteiger partial charge in [-0.25, -0.2) is 0 Å². The summed E-state index contributed by atoms with van der Waals surface area (Å²) in [6.07, 6.45) is 8.30. The highest BCUT2D eigenvalue weighted by Crippen LogP contribution is 2.26. The van der Waals surface area contributed by atoms with E-state index in [1.54, 1.807) is 22.9 Å². The Morgan fingerprint density at radius 1 is 1.21 bits per heavy atom. The molecule has 106 valence electrons. The summed E-state index contributed by atoms with van der Waals surface area (Å²) < 4.78 is 1.68. The second kappa shape index (κ2) is 6.87. The Balaban J connectivity index is 1.74. The molecule has 1 heterocycles. The van der Waals surface area contributed by atoms with Crippen molar-refractivity contribution in [3.63, 3.8) is 0 Å². The molecule has 19 heavy (non-hydrogen) atoms. The van der Waals surface area contributed by atoms with Gasteiger partial charge in [-0.05, 0) is 18.9 Å². The summed E-state index contributed by atoms with van der Waals surface area (Å²) in [5.74, 6) is 0. The molecule has 2 rings (SSSR count). The minimum Gasteiger partial charge on any atom is -0.389 e. The minimum absolute atomic E-state index is 0.0254. The maximum Gasteiger partial charge on any atom is 0.250 e. The van der Waals surface area contributed by atoms with Crippen molar-refractivity contribution in [1.82, 2.24) is 9.88 Å². The van der Waals surface area contributed by atoms with Gasteiger partial charge < -0.3 is 15.0 Å². The van der Waals surface area contributed by atoms with Crippen LogP contribution in [0.4, 0.5) is 0 Å². The fourth-order valence-electron chi connectivity index (χ4n) is 2.73. The van der Waals surface area contributed by atoms with Crippen LogP contribution < -0.4 is 10.9 Å². The third-order valence-corrected chi connectivity index (χ3v) is 3.92. The molecular formula is C15H24N2O2. The molecule has 2 N–H and O–H groups in total. The van der Waals surface area contributed by atoms with Crippen molar-refractivity contribution in [1.29, 1.82) is 0 Å². The molecule has 4 heteroatoms. The molecule has 1 aliphatic carbocycles. The number of hydrogen-bond acceptors (Lipinski definition) is 3. The summed E-state index contributed by atoms with van der Waals surface area (Å²) in [5.41, 5.74) is -0.518. The van der Waals surface area contributed by atoms with Gasteiger partial charge in [0.15, 0.2) is 0 Å². The molecule has 0 unspecified atom stereocenters. The van der Waals surface area contributed by atoms with Gasteiger partial charge in [-0.15, -0.1) is 0 Å². The summed E-state index contributed by atoms with van der Waals surface area (Å²) in [5, 5.41) is 13.8. The van der Waals surface area contributed by atoms with Crippen LogP contribution in [0.2, 0.25) is 0 Å². The van der Waals surface area contributed by atoms with Crippen molar-refractivity contribution < 1.29 is 5.11 Å². The zero-order valence-electron chi connectivity index (χ0n) is 11.5. The topological polar surface area (TPSA) is 54.3 Å². The normalized spacial score (nSPS) is 19.0. The SMILES string of the molecule is O=c1ccccn1CCNCC1(O)CCCCCC1. The van der Waals surface area contributed by atoms with Crippen LogP contribution in [0.5, 0.6) is 0 Å². The molecule has 1 aromatic rings. The highest BCUT2D eigenvalue weighted by molar-refractivity contribution is 4.93. The van der Waals surface area contributed by atoms with Crippen LogP contribution in [0.25, 0.3) is 0 Å².